The molecule has 0 radical (unpaired) electrons. The predicted molar refractivity (Wildman–Crippen MR) is 67.3 cm³/mol. The minimum atomic E-state index is -0.958. The third-order valence-corrected chi connectivity index (χ3v) is 3.06. The number of aromatic nitrogens is 3. The van der Waals surface area contributed by atoms with Gasteiger partial charge in [-0.3, -0.25) is 0 Å². The maximum absolute atomic E-state index is 11.0. The third kappa shape index (κ3) is 1.99. The lowest BCUT2D eigenvalue weighted by Crippen LogP contribution is -2.06. The molecule has 94 valence electrons. The quantitative estimate of drug-likeness (QED) is 0.880. The summed E-state index contributed by atoms with van der Waals surface area (Å²) in [5.74, 6) is -0.416. The fraction of sp³-hybridized carbons (Fsp3) is 0.308. The Hall–Kier alpha value is -2.17. The number of pyridine rings is 1. The molecule has 0 saturated carbocycles. The molecule has 18 heavy (non-hydrogen) atoms. The number of carboxylic acid groups (broad SMARTS) is 1. The van der Waals surface area contributed by atoms with E-state index in [1.54, 1.807) is 17.7 Å². The highest BCUT2D eigenvalue weighted by molar-refractivity contribution is 5.88. The van der Waals surface area contributed by atoms with E-state index in [9.17, 15) is 4.79 Å². The van der Waals surface area contributed by atoms with Crippen LogP contribution in [0.15, 0.2) is 12.1 Å². The first kappa shape index (κ1) is 12.3. The van der Waals surface area contributed by atoms with Crippen LogP contribution in [-0.2, 0) is 0 Å². The van der Waals surface area contributed by atoms with Crippen LogP contribution in [0.1, 0.15) is 33.0 Å². The second kappa shape index (κ2) is 4.25. The van der Waals surface area contributed by atoms with Crippen LogP contribution >= 0.6 is 0 Å². The van der Waals surface area contributed by atoms with Gasteiger partial charge in [-0.15, -0.1) is 0 Å². The molecule has 0 aliphatic rings. The highest BCUT2D eigenvalue weighted by Crippen LogP contribution is 2.17. The van der Waals surface area contributed by atoms with Gasteiger partial charge in [0.25, 0.3) is 0 Å². The summed E-state index contributed by atoms with van der Waals surface area (Å²) in [6, 6.07) is 3.08. The van der Waals surface area contributed by atoms with E-state index in [0.717, 1.165) is 17.0 Å². The van der Waals surface area contributed by atoms with E-state index >= 15 is 0 Å². The number of aromatic carboxylic acids is 1. The van der Waals surface area contributed by atoms with Gasteiger partial charge in [0.05, 0.1) is 11.3 Å². The average Bonchev–Trinajstić information content (AvgIpc) is 2.56. The third-order valence-electron chi connectivity index (χ3n) is 3.06. The number of carbonyl (C=O) groups is 1. The highest BCUT2D eigenvalue weighted by atomic mass is 16.4. The molecule has 2 heterocycles. The fourth-order valence-electron chi connectivity index (χ4n) is 1.83. The first-order valence-corrected chi connectivity index (χ1v) is 5.65. The van der Waals surface area contributed by atoms with Crippen molar-refractivity contribution in [2.75, 3.05) is 0 Å². The maximum Gasteiger partial charge on any atom is 0.335 e. The molecule has 5 nitrogen and oxygen atoms in total. The van der Waals surface area contributed by atoms with Gasteiger partial charge in [0.2, 0.25) is 0 Å². The van der Waals surface area contributed by atoms with Crippen LogP contribution in [0, 0.1) is 27.7 Å². The molecular weight excluding hydrogens is 230 g/mol. The van der Waals surface area contributed by atoms with Crippen molar-refractivity contribution >= 4 is 5.97 Å². The van der Waals surface area contributed by atoms with Crippen LogP contribution in [-0.4, -0.2) is 25.8 Å². The molecule has 5 heteroatoms. The maximum atomic E-state index is 11.0. The van der Waals surface area contributed by atoms with E-state index in [-0.39, 0.29) is 5.56 Å². The highest BCUT2D eigenvalue weighted by Gasteiger charge is 2.13. The van der Waals surface area contributed by atoms with E-state index in [4.69, 9.17) is 5.11 Å². The van der Waals surface area contributed by atoms with Gasteiger partial charge in [-0.05, 0) is 45.4 Å². The first-order valence-electron chi connectivity index (χ1n) is 5.65. The SMILES string of the molecule is Cc1cc(C(=O)O)cc(-n2nc(C)c(C)c2C)n1. The largest absolute Gasteiger partial charge is 0.478 e. The summed E-state index contributed by atoms with van der Waals surface area (Å²) in [5.41, 5.74) is 3.88. The van der Waals surface area contributed by atoms with Crippen LogP contribution < -0.4 is 0 Å². The van der Waals surface area contributed by atoms with Crippen molar-refractivity contribution in [3.63, 3.8) is 0 Å². The molecule has 0 aliphatic heterocycles. The molecule has 0 unspecified atom stereocenters. The van der Waals surface area contributed by atoms with Gasteiger partial charge < -0.3 is 5.11 Å². The van der Waals surface area contributed by atoms with E-state index < -0.39 is 5.97 Å². The molecule has 0 atom stereocenters. The van der Waals surface area contributed by atoms with Crippen molar-refractivity contribution in [2.24, 2.45) is 0 Å². The van der Waals surface area contributed by atoms with Crippen molar-refractivity contribution in [2.45, 2.75) is 27.7 Å². The number of hydrogen-bond donors (Lipinski definition) is 1. The Morgan fingerprint density at radius 2 is 1.89 bits per heavy atom. The summed E-state index contributed by atoms with van der Waals surface area (Å²) in [6.07, 6.45) is 0. The lowest BCUT2D eigenvalue weighted by molar-refractivity contribution is 0.0696. The van der Waals surface area contributed by atoms with Gasteiger partial charge in [0.15, 0.2) is 5.82 Å². The molecule has 1 N–H and O–H groups in total. The molecule has 0 fully saturated rings. The van der Waals surface area contributed by atoms with Crippen LogP contribution in [0.3, 0.4) is 0 Å². The molecule has 0 bridgehead atoms. The molecular formula is C13H15N3O2. The number of aryl methyl sites for hydroxylation is 2. The van der Waals surface area contributed by atoms with Crippen molar-refractivity contribution in [3.05, 3.63) is 40.3 Å². The molecule has 2 aromatic heterocycles. The Morgan fingerprint density at radius 1 is 1.22 bits per heavy atom. The Labute approximate surface area is 105 Å². The molecule has 0 aromatic carbocycles. The van der Waals surface area contributed by atoms with E-state index in [1.807, 2.05) is 20.8 Å². The van der Waals surface area contributed by atoms with Crippen LogP contribution in [0.25, 0.3) is 5.82 Å². The second-order valence-electron chi connectivity index (χ2n) is 4.37. The van der Waals surface area contributed by atoms with Crippen molar-refractivity contribution in [1.29, 1.82) is 0 Å². The van der Waals surface area contributed by atoms with Crippen LogP contribution in [0.4, 0.5) is 0 Å². The monoisotopic (exact) mass is 245 g/mol. The van der Waals surface area contributed by atoms with Gasteiger partial charge in [-0.25, -0.2) is 14.5 Å². The summed E-state index contributed by atoms with van der Waals surface area (Å²) in [6.45, 7) is 7.63. The smallest absolute Gasteiger partial charge is 0.335 e. The summed E-state index contributed by atoms with van der Waals surface area (Å²) in [5, 5.41) is 13.4. The summed E-state index contributed by atoms with van der Waals surface area (Å²) in [4.78, 5) is 15.4. The van der Waals surface area contributed by atoms with Gasteiger partial charge in [-0.1, -0.05) is 0 Å². The zero-order valence-corrected chi connectivity index (χ0v) is 10.9. The normalized spacial score (nSPS) is 10.7. The summed E-state index contributed by atoms with van der Waals surface area (Å²) >= 11 is 0. The summed E-state index contributed by atoms with van der Waals surface area (Å²) in [7, 11) is 0. The van der Waals surface area contributed by atoms with Crippen molar-refractivity contribution in [1.82, 2.24) is 14.8 Å². The Balaban J connectivity index is 2.63. The number of carboxylic acids is 1. The molecule has 0 spiro atoms. The van der Waals surface area contributed by atoms with Gasteiger partial charge in [0.1, 0.15) is 0 Å². The van der Waals surface area contributed by atoms with Crippen LogP contribution in [0.5, 0.6) is 0 Å². The number of nitrogens with zero attached hydrogens (tertiary/aromatic N) is 3. The van der Waals surface area contributed by atoms with E-state index in [1.165, 1.54) is 6.07 Å². The average molecular weight is 245 g/mol. The molecule has 2 rings (SSSR count). The Morgan fingerprint density at radius 3 is 2.39 bits per heavy atom. The Bertz CT molecular complexity index is 629. The molecule has 0 aliphatic carbocycles. The summed E-state index contributed by atoms with van der Waals surface area (Å²) < 4.78 is 1.68. The minimum Gasteiger partial charge on any atom is -0.478 e. The topological polar surface area (TPSA) is 68.0 Å². The fourth-order valence-corrected chi connectivity index (χ4v) is 1.83. The predicted octanol–water partition coefficient (Wildman–Crippen LogP) is 2.20. The standard InChI is InChI=1S/C13H15N3O2/c1-7-5-11(13(17)18)6-12(14-7)16-10(4)8(2)9(3)15-16/h5-6H,1-4H3,(H,17,18). The second-order valence-corrected chi connectivity index (χ2v) is 4.37. The van der Waals surface area contributed by atoms with Gasteiger partial charge >= 0.3 is 5.97 Å². The minimum absolute atomic E-state index is 0.225. The van der Waals surface area contributed by atoms with Gasteiger partial charge in [0, 0.05) is 11.4 Å². The molecule has 0 saturated heterocycles. The van der Waals surface area contributed by atoms with Crippen molar-refractivity contribution in [3.8, 4) is 5.82 Å². The van der Waals surface area contributed by atoms with E-state index in [0.29, 0.717) is 11.5 Å². The zero-order valence-electron chi connectivity index (χ0n) is 10.9. The molecule has 0 amide bonds. The number of hydrogen-bond acceptors (Lipinski definition) is 3. The van der Waals surface area contributed by atoms with Crippen molar-refractivity contribution < 1.29 is 9.90 Å². The first-order chi connectivity index (χ1) is 8.40. The Kier molecular flexibility index (Phi) is 2.90. The van der Waals surface area contributed by atoms with Crippen LogP contribution in [0.2, 0.25) is 0 Å². The van der Waals surface area contributed by atoms with Gasteiger partial charge in [-0.2, -0.15) is 5.10 Å². The van der Waals surface area contributed by atoms with E-state index in [2.05, 4.69) is 10.1 Å². The zero-order chi connectivity index (χ0) is 13.4. The molecule has 2 aromatic rings. The lowest BCUT2D eigenvalue weighted by atomic mass is 10.2. The lowest BCUT2D eigenvalue weighted by Gasteiger charge is -2.06. The number of rotatable bonds is 2.